The molecule has 5 aromatic rings. The Morgan fingerprint density at radius 3 is 2.46 bits per heavy atom. The maximum Gasteiger partial charge on any atom is 0.264 e. The molecule has 0 atom stereocenters. The Balaban J connectivity index is 1.24. The number of aryl methyl sites for hydroxylation is 2. The second-order valence-corrected chi connectivity index (χ2v) is 12.4. The van der Waals surface area contributed by atoms with Crippen LogP contribution < -0.4 is 9.62 Å². The molecule has 2 aromatic heterocycles. The van der Waals surface area contributed by atoms with Gasteiger partial charge in [-0.2, -0.15) is 0 Å². The number of thiazole rings is 2. The van der Waals surface area contributed by atoms with Gasteiger partial charge in [-0.1, -0.05) is 29.5 Å². The molecule has 176 valence electrons. The Morgan fingerprint density at radius 2 is 1.66 bits per heavy atom. The third-order valence-corrected chi connectivity index (χ3v) is 9.98. The molecule has 0 saturated carbocycles. The van der Waals surface area contributed by atoms with Gasteiger partial charge in [0.15, 0.2) is 5.13 Å². The lowest BCUT2D eigenvalue weighted by Gasteiger charge is -2.30. The molecule has 3 aromatic carbocycles. The smallest absolute Gasteiger partial charge is 0.264 e. The fraction of sp³-hybridized carbons (Fsp3) is 0.160. The van der Waals surface area contributed by atoms with Gasteiger partial charge in [0.1, 0.15) is 0 Å². The number of nitrogens with one attached hydrogen (secondary N) is 1. The average molecular weight is 521 g/mol. The van der Waals surface area contributed by atoms with Gasteiger partial charge in [-0.25, -0.2) is 18.4 Å². The fourth-order valence-corrected chi connectivity index (χ4v) is 7.90. The summed E-state index contributed by atoms with van der Waals surface area (Å²) in [6.07, 6.45) is 1.63. The largest absolute Gasteiger partial charge is 0.298 e. The minimum atomic E-state index is -3.73. The molecule has 1 amide bonds. The van der Waals surface area contributed by atoms with Gasteiger partial charge in [0.2, 0.25) is 0 Å². The summed E-state index contributed by atoms with van der Waals surface area (Å²) in [7, 11) is -3.73. The summed E-state index contributed by atoms with van der Waals surface area (Å²) in [5.74, 6) is -0.340. The van der Waals surface area contributed by atoms with Crippen LogP contribution in [-0.4, -0.2) is 30.8 Å². The highest BCUT2D eigenvalue weighted by Gasteiger charge is 2.29. The Morgan fingerprint density at radius 1 is 0.943 bits per heavy atom. The number of hydrogen-bond donors (Lipinski definition) is 1. The zero-order valence-corrected chi connectivity index (χ0v) is 21.1. The van der Waals surface area contributed by atoms with Gasteiger partial charge in [0.25, 0.3) is 15.9 Å². The Bertz CT molecular complexity index is 1710. The summed E-state index contributed by atoms with van der Waals surface area (Å²) in [6.45, 7) is 2.40. The molecule has 3 heterocycles. The molecule has 7 nitrogen and oxygen atoms in total. The summed E-state index contributed by atoms with van der Waals surface area (Å²) in [4.78, 5) is 22.1. The van der Waals surface area contributed by atoms with Crippen molar-refractivity contribution in [3.63, 3.8) is 0 Å². The van der Waals surface area contributed by atoms with E-state index in [2.05, 4.69) is 15.3 Å². The number of anilines is 2. The van der Waals surface area contributed by atoms with Crippen LogP contribution in [0.2, 0.25) is 0 Å². The van der Waals surface area contributed by atoms with E-state index in [0.29, 0.717) is 17.2 Å². The number of amides is 1. The van der Waals surface area contributed by atoms with Crippen LogP contribution in [0.5, 0.6) is 0 Å². The number of rotatable bonds is 4. The van der Waals surface area contributed by atoms with Crippen molar-refractivity contribution < 1.29 is 13.2 Å². The molecule has 1 aliphatic rings. The molecule has 1 N–H and O–H groups in total. The van der Waals surface area contributed by atoms with Crippen molar-refractivity contribution in [2.75, 3.05) is 16.2 Å². The minimum absolute atomic E-state index is 0.161. The van der Waals surface area contributed by atoms with Gasteiger partial charge < -0.3 is 0 Å². The van der Waals surface area contributed by atoms with Gasteiger partial charge in [0.05, 0.1) is 36.0 Å². The van der Waals surface area contributed by atoms with Crippen molar-refractivity contribution in [2.24, 2.45) is 0 Å². The Kier molecular flexibility index (Phi) is 5.32. The van der Waals surface area contributed by atoms with Crippen molar-refractivity contribution in [3.05, 3.63) is 76.8 Å². The van der Waals surface area contributed by atoms with Crippen LogP contribution in [0.3, 0.4) is 0 Å². The summed E-state index contributed by atoms with van der Waals surface area (Å²) < 4.78 is 30.2. The predicted molar refractivity (Wildman–Crippen MR) is 141 cm³/mol. The van der Waals surface area contributed by atoms with E-state index in [1.54, 1.807) is 11.3 Å². The molecule has 0 saturated heterocycles. The third-order valence-electron chi connectivity index (χ3n) is 6.01. The maximum absolute atomic E-state index is 13.3. The van der Waals surface area contributed by atoms with Gasteiger partial charge in [-0.15, -0.1) is 11.3 Å². The maximum atomic E-state index is 13.3. The van der Waals surface area contributed by atoms with Gasteiger partial charge in [-0.05, 0) is 67.8 Å². The monoisotopic (exact) mass is 520 g/mol. The van der Waals surface area contributed by atoms with Crippen molar-refractivity contribution in [2.45, 2.75) is 24.7 Å². The number of carbonyl (C=O) groups excluding carboxylic acids is 1. The first-order valence-electron chi connectivity index (χ1n) is 11.1. The van der Waals surface area contributed by atoms with E-state index in [4.69, 9.17) is 0 Å². The molecule has 0 aliphatic carbocycles. The topological polar surface area (TPSA) is 92.3 Å². The molecular weight excluding hydrogens is 501 g/mol. The van der Waals surface area contributed by atoms with Crippen LogP contribution in [0.4, 0.5) is 10.8 Å². The van der Waals surface area contributed by atoms with Gasteiger partial charge >= 0.3 is 0 Å². The lowest BCUT2D eigenvalue weighted by Crippen LogP contribution is -2.35. The first-order valence-corrected chi connectivity index (χ1v) is 14.2. The van der Waals surface area contributed by atoms with E-state index in [0.717, 1.165) is 49.5 Å². The second-order valence-electron chi connectivity index (χ2n) is 8.30. The third kappa shape index (κ3) is 3.87. The number of para-hydroxylation sites is 1. The molecule has 0 radical (unpaired) electrons. The molecule has 10 heteroatoms. The molecule has 0 bridgehead atoms. The zero-order chi connectivity index (χ0) is 24.2. The first kappa shape index (κ1) is 22.1. The number of sulfonamides is 1. The van der Waals surface area contributed by atoms with Gasteiger partial charge in [-0.3, -0.25) is 14.4 Å². The van der Waals surface area contributed by atoms with Crippen molar-refractivity contribution in [3.8, 4) is 0 Å². The second kappa shape index (κ2) is 8.40. The standard InChI is InChI=1S/C25H20N4O3S3/c1-15-26-19-12-13-20-23(22(19)33-15)34-25(27-20)28-24(30)17-8-10-18(11-9-17)35(31,32)29-14-4-6-16-5-2-3-7-21(16)29/h2-3,5,7-13H,4,6,14H2,1H3,(H,27,28,30). The highest BCUT2D eigenvalue weighted by Crippen LogP contribution is 2.36. The normalized spacial score (nSPS) is 13.8. The molecule has 1 aliphatic heterocycles. The fourth-order valence-electron chi connectivity index (χ4n) is 4.36. The lowest BCUT2D eigenvalue weighted by molar-refractivity contribution is 0.102. The van der Waals surface area contributed by atoms with E-state index in [9.17, 15) is 13.2 Å². The van der Waals surface area contributed by atoms with E-state index >= 15 is 0 Å². The molecule has 0 unspecified atom stereocenters. The molecular formula is C25H20N4O3S3. The van der Waals surface area contributed by atoms with Crippen LogP contribution in [-0.2, 0) is 16.4 Å². The molecule has 0 spiro atoms. The number of hydrogen-bond acceptors (Lipinski definition) is 7. The number of fused-ring (bicyclic) bond motifs is 4. The van der Waals surface area contributed by atoms with E-state index in [1.807, 2.05) is 43.3 Å². The van der Waals surface area contributed by atoms with Crippen LogP contribution in [0.25, 0.3) is 20.4 Å². The predicted octanol–water partition coefficient (Wildman–Crippen LogP) is 5.61. The first-order chi connectivity index (χ1) is 16.9. The number of nitrogens with zero attached hydrogens (tertiary/aromatic N) is 3. The van der Waals surface area contributed by atoms with E-state index < -0.39 is 10.0 Å². The van der Waals surface area contributed by atoms with Crippen molar-refractivity contribution in [1.82, 2.24) is 9.97 Å². The van der Waals surface area contributed by atoms with Crippen LogP contribution in [0, 0.1) is 6.92 Å². The number of aromatic nitrogens is 2. The number of benzene rings is 3. The highest BCUT2D eigenvalue weighted by molar-refractivity contribution is 7.92. The summed E-state index contributed by atoms with van der Waals surface area (Å²) in [5, 5.41) is 4.32. The molecule has 0 fully saturated rings. The quantitative estimate of drug-likeness (QED) is 0.333. The SMILES string of the molecule is Cc1nc2ccc3nc(NC(=O)c4ccc(S(=O)(=O)N5CCCc6ccccc65)cc4)sc3c2s1. The van der Waals surface area contributed by atoms with E-state index in [1.165, 1.54) is 39.9 Å². The van der Waals surface area contributed by atoms with Crippen molar-refractivity contribution >= 4 is 69.9 Å². The van der Waals surface area contributed by atoms with E-state index in [-0.39, 0.29) is 10.8 Å². The summed E-state index contributed by atoms with van der Waals surface area (Å²) in [5.41, 5.74) is 3.85. The summed E-state index contributed by atoms with van der Waals surface area (Å²) >= 11 is 3.01. The Labute approximate surface area is 210 Å². The zero-order valence-electron chi connectivity index (χ0n) is 18.7. The lowest BCUT2D eigenvalue weighted by atomic mass is 10.0. The van der Waals surface area contributed by atoms with Crippen molar-refractivity contribution in [1.29, 1.82) is 0 Å². The molecule has 6 rings (SSSR count). The van der Waals surface area contributed by atoms with Crippen LogP contribution >= 0.6 is 22.7 Å². The van der Waals surface area contributed by atoms with Crippen LogP contribution in [0.1, 0.15) is 27.3 Å². The van der Waals surface area contributed by atoms with Gasteiger partial charge in [0, 0.05) is 12.1 Å². The highest BCUT2D eigenvalue weighted by atomic mass is 32.2. The minimum Gasteiger partial charge on any atom is -0.298 e. The molecule has 35 heavy (non-hydrogen) atoms. The Hall–Kier alpha value is -3.34. The average Bonchev–Trinajstić information content (AvgIpc) is 3.45. The number of carbonyl (C=O) groups is 1. The summed E-state index contributed by atoms with van der Waals surface area (Å²) in [6, 6.07) is 17.5. The van der Waals surface area contributed by atoms with Crippen LogP contribution in [0.15, 0.2) is 65.6 Å².